The number of halogens is 5. The van der Waals surface area contributed by atoms with Gasteiger partial charge >= 0.3 is 12.2 Å². The maximum absolute atomic E-state index is 15.7. The van der Waals surface area contributed by atoms with E-state index in [1.807, 2.05) is 4.90 Å². The first kappa shape index (κ1) is 30.3. The van der Waals surface area contributed by atoms with Gasteiger partial charge in [-0.2, -0.15) is 23.1 Å². The molecular formula is C30H35ClF4N6O. The van der Waals surface area contributed by atoms with Gasteiger partial charge in [-0.15, -0.1) is 0 Å². The van der Waals surface area contributed by atoms with E-state index >= 15 is 4.39 Å². The third-order valence-corrected chi connectivity index (χ3v) is 8.43. The molecule has 3 saturated heterocycles. The van der Waals surface area contributed by atoms with Crippen LogP contribution in [0.3, 0.4) is 0 Å². The SMILES string of the molecule is C=C1CC2CCCN2C1.COc1nc(N2CCCCC(C)C2)c2cnc(-c3cc(N)cc(Cl)c3C(F)(F)F)c(F)c2n1. The summed E-state index contributed by atoms with van der Waals surface area (Å²) in [6, 6.07) is 2.77. The Morgan fingerprint density at radius 3 is 2.62 bits per heavy atom. The summed E-state index contributed by atoms with van der Waals surface area (Å²) in [6.45, 7) is 10.0. The molecule has 3 aliphatic rings. The Kier molecular flexibility index (Phi) is 8.80. The number of aromatic nitrogens is 3. The van der Waals surface area contributed by atoms with E-state index in [0.29, 0.717) is 24.8 Å². The fourth-order valence-electron chi connectivity index (χ4n) is 6.21. The van der Waals surface area contributed by atoms with Gasteiger partial charge in [-0.3, -0.25) is 9.88 Å². The van der Waals surface area contributed by atoms with Gasteiger partial charge in [-0.25, -0.2) is 4.39 Å². The van der Waals surface area contributed by atoms with E-state index in [9.17, 15) is 13.2 Å². The molecule has 6 rings (SSSR count). The van der Waals surface area contributed by atoms with Crippen LogP contribution >= 0.6 is 11.6 Å². The molecule has 3 aromatic rings. The van der Waals surface area contributed by atoms with Crippen molar-refractivity contribution in [2.45, 2.75) is 57.7 Å². The van der Waals surface area contributed by atoms with Crippen molar-refractivity contribution in [2.75, 3.05) is 43.9 Å². The standard InChI is InChI=1S/C22H22ClF4N5O.C8H13N/c1-11-5-3-4-6-32(10-11)20-14-9-29-18(17(24)19(14)30-21(31-20)33-2)13-7-12(28)8-15(23)16(13)22(25,26)27;1-7-5-8-3-2-4-9(8)6-7/h7-9,11H,3-6,10,28H2,1-2H3;8H,1-6H2. The van der Waals surface area contributed by atoms with E-state index < -0.39 is 33.8 Å². The molecule has 0 radical (unpaired) electrons. The van der Waals surface area contributed by atoms with Crippen molar-refractivity contribution in [3.63, 3.8) is 0 Å². The third-order valence-electron chi connectivity index (χ3n) is 8.13. The molecule has 0 amide bonds. The minimum Gasteiger partial charge on any atom is -0.467 e. The molecule has 2 aromatic heterocycles. The summed E-state index contributed by atoms with van der Waals surface area (Å²) in [5.41, 5.74) is 4.58. The fourth-order valence-corrected chi connectivity index (χ4v) is 6.55. The lowest BCUT2D eigenvalue weighted by atomic mass is 10.0. The molecule has 7 nitrogen and oxygen atoms in total. The van der Waals surface area contributed by atoms with Crippen molar-refractivity contribution in [2.24, 2.45) is 5.92 Å². The second-order valence-electron chi connectivity index (χ2n) is 11.4. The number of anilines is 2. The molecule has 5 heterocycles. The molecule has 42 heavy (non-hydrogen) atoms. The summed E-state index contributed by atoms with van der Waals surface area (Å²) < 4.78 is 62.1. The molecule has 2 N–H and O–H groups in total. The highest BCUT2D eigenvalue weighted by Gasteiger charge is 2.38. The number of nitrogens with zero attached hydrogens (tertiary/aromatic N) is 5. The lowest BCUT2D eigenvalue weighted by Gasteiger charge is -2.25. The summed E-state index contributed by atoms with van der Waals surface area (Å²) in [6.07, 6.45) is 3.60. The van der Waals surface area contributed by atoms with Crippen molar-refractivity contribution >= 4 is 34.0 Å². The van der Waals surface area contributed by atoms with Gasteiger partial charge < -0.3 is 15.4 Å². The van der Waals surface area contributed by atoms with Crippen LogP contribution in [0.15, 0.2) is 30.5 Å². The Balaban J connectivity index is 0.000000330. The molecule has 0 bridgehead atoms. The Morgan fingerprint density at radius 1 is 1.12 bits per heavy atom. The van der Waals surface area contributed by atoms with Gasteiger partial charge in [-0.05, 0) is 56.7 Å². The number of rotatable bonds is 3. The number of benzene rings is 1. The van der Waals surface area contributed by atoms with Gasteiger partial charge in [0.05, 0.1) is 23.1 Å². The number of alkyl halides is 3. The summed E-state index contributed by atoms with van der Waals surface area (Å²) in [4.78, 5) is 17.1. The van der Waals surface area contributed by atoms with Crippen molar-refractivity contribution in [3.8, 4) is 17.3 Å². The summed E-state index contributed by atoms with van der Waals surface area (Å²) in [5, 5.41) is -0.354. The molecule has 0 aliphatic carbocycles. The lowest BCUT2D eigenvalue weighted by molar-refractivity contribution is -0.137. The smallest absolute Gasteiger partial charge is 0.418 e. The van der Waals surface area contributed by atoms with Crippen LogP contribution in [0.5, 0.6) is 6.01 Å². The summed E-state index contributed by atoms with van der Waals surface area (Å²) in [7, 11) is 1.34. The van der Waals surface area contributed by atoms with Gasteiger partial charge in [0.25, 0.3) is 0 Å². The zero-order valence-electron chi connectivity index (χ0n) is 23.8. The molecule has 2 unspecified atom stereocenters. The van der Waals surface area contributed by atoms with Crippen molar-refractivity contribution in [1.29, 1.82) is 0 Å². The average Bonchev–Trinajstić information content (AvgIpc) is 3.42. The van der Waals surface area contributed by atoms with E-state index in [-0.39, 0.29) is 22.6 Å². The van der Waals surface area contributed by atoms with Crippen LogP contribution in [-0.2, 0) is 6.18 Å². The molecular weight excluding hydrogens is 572 g/mol. The number of hydrogen-bond donors (Lipinski definition) is 1. The maximum atomic E-state index is 15.7. The largest absolute Gasteiger partial charge is 0.467 e. The van der Waals surface area contributed by atoms with Crippen molar-refractivity contribution < 1.29 is 22.3 Å². The van der Waals surface area contributed by atoms with Gasteiger partial charge in [0, 0.05) is 43.1 Å². The van der Waals surface area contributed by atoms with E-state index in [1.54, 1.807) is 0 Å². The zero-order valence-corrected chi connectivity index (χ0v) is 24.5. The van der Waals surface area contributed by atoms with Crippen molar-refractivity contribution in [1.82, 2.24) is 19.9 Å². The summed E-state index contributed by atoms with van der Waals surface area (Å²) in [5.74, 6) is -0.209. The molecule has 2 atom stereocenters. The highest BCUT2D eigenvalue weighted by atomic mass is 35.5. The van der Waals surface area contributed by atoms with E-state index in [2.05, 4.69) is 33.4 Å². The van der Waals surface area contributed by atoms with Gasteiger partial charge in [-0.1, -0.05) is 37.1 Å². The van der Waals surface area contributed by atoms with Crippen LogP contribution in [0.25, 0.3) is 22.2 Å². The molecule has 3 aliphatic heterocycles. The first-order chi connectivity index (χ1) is 20.0. The van der Waals surface area contributed by atoms with Gasteiger partial charge in [0.1, 0.15) is 17.0 Å². The van der Waals surface area contributed by atoms with Gasteiger partial charge in [0.2, 0.25) is 0 Å². The number of nitrogen functional groups attached to an aromatic ring is 1. The topological polar surface area (TPSA) is 80.4 Å². The van der Waals surface area contributed by atoms with Crippen LogP contribution in [0.1, 0.15) is 51.0 Å². The van der Waals surface area contributed by atoms with Crippen molar-refractivity contribution in [3.05, 3.63) is 46.9 Å². The highest BCUT2D eigenvalue weighted by molar-refractivity contribution is 6.32. The van der Waals surface area contributed by atoms with Crippen LogP contribution in [0, 0.1) is 11.7 Å². The molecule has 1 aromatic carbocycles. The average molecular weight is 607 g/mol. The zero-order chi connectivity index (χ0) is 30.2. The predicted octanol–water partition coefficient (Wildman–Crippen LogP) is 7.13. The van der Waals surface area contributed by atoms with Crippen LogP contribution in [-0.4, -0.2) is 59.2 Å². The minimum atomic E-state index is -4.85. The predicted molar refractivity (Wildman–Crippen MR) is 157 cm³/mol. The molecule has 12 heteroatoms. The fraction of sp³-hybridized carbons (Fsp3) is 0.500. The molecule has 3 fully saturated rings. The molecule has 0 spiro atoms. The second-order valence-corrected chi connectivity index (χ2v) is 11.8. The Bertz CT molecular complexity index is 1470. The Labute approximate surface area is 247 Å². The van der Waals surface area contributed by atoms with Crippen LogP contribution in [0.2, 0.25) is 5.02 Å². The number of pyridine rings is 1. The minimum absolute atomic E-state index is 0.0520. The second kappa shape index (κ2) is 12.2. The molecule has 0 saturated carbocycles. The van der Waals surface area contributed by atoms with Crippen LogP contribution < -0.4 is 15.4 Å². The number of hydrogen-bond acceptors (Lipinski definition) is 7. The Hall–Kier alpha value is -3.18. The number of fused-ring (bicyclic) bond motifs is 2. The van der Waals surface area contributed by atoms with Gasteiger partial charge in [0.15, 0.2) is 5.82 Å². The quantitative estimate of drug-likeness (QED) is 0.193. The Morgan fingerprint density at radius 2 is 1.90 bits per heavy atom. The molecule has 226 valence electrons. The van der Waals surface area contributed by atoms with Crippen LogP contribution in [0.4, 0.5) is 29.1 Å². The first-order valence-corrected chi connectivity index (χ1v) is 14.6. The maximum Gasteiger partial charge on any atom is 0.418 e. The number of nitrogens with two attached hydrogens (primary N) is 1. The third kappa shape index (κ3) is 6.27. The van der Waals surface area contributed by atoms with E-state index in [4.69, 9.17) is 22.1 Å². The highest BCUT2D eigenvalue weighted by Crippen LogP contribution is 2.44. The number of ether oxygens (including phenoxy) is 1. The van der Waals surface area contributed by atoms with E-state index in [1.165, 1.54) is 51.2 Å². The normalized spacial score (nSPS) is 21.2. The lowest BCUT2D eigenvalue weighted by Crippen LogP contribution is -2.28. The first-order valence-electron chi connectivity index (χ1n) is 14.2. The number of methoxy groups -OCH3 is 1. The van der Waals surface area contributed by atoms with E-state index in [0.717, 1.165) is 37.4 Å². The monoisotopic (exact) mass is 606 g/mol. The summed E-state index contributed by atoms with van der Waals surface area (Å²) >= 11 is 5.84.